The molecule has 2 N–H and O–H groups in total. The van der Waals surface area contributed by atoms with Crippen LogP contribution in [0.2, 0.25) is 0 Å². The van der Waals surface area contributed by atoms with Gasteiger partial charge < -0.3 is 10.2 Å². The van der Waals surface area contributed by atoms with Gasteiger partial charge in [0.2, 0.25) is 0 Å². The van der Waals surface area contributed by atoms with Crippen molar-refractivity contribution in [3.8, 4) is 5.75 Å². The number of aliphatic hydroxyl groups is 1. The highest BCUT2D eigenvalue weighted by Crippen LogP contribution is 2.36. The average molecular weight is 414 g/mol. The van der Waals surface area contributed by atoms with Gasteiger partial charge in [-0.2, -0.15) is 0 Å². The molecule has 0 radical (unpaired) electrons. The third kappa shape index (κ3) is 2.78. The minimum Gasteiger partial charge on any atom is -0.505 e. The molecule has 0 saturated heterocycles. The average Bonchev–Trinajstić information content (AvgIpc) is 2.92. The maximum absolute atomic E-state index is 10.1. The second-order valence-electron chi connectivity index (χ2n) is 4.45. The first-order chi connectivity index (χ1) is 10.1. The Morgan fingerprint density at radius 1 is 1.14 bits per heavy atom. The molecule has 2 heterocycles. The van der Waals surface area contributed by atoms with Crippen molar-refractivity contribution in [2.45, 2.75) is 13.2 Å². The standard InChI is InChI=1S/C13H10Br2N4O2/c14-10-3-11(15)13(21)12-9(10)2-1-7(16-12)4-19-5-8(6-20)17-18-19/h1-3,5,20-21H,4,6H2. The minimum absolute atomic E-state index is 0.102. The second-order valence-corrected chi connectivity index (χ2v) is 6.16. The molecule has 0 saturated carbocycles. The Hall–Kier alpha value is -1.51. The molecule has 0 spiro atoms. The number of hydrogen-bond acceptors (Lipinski definition) is 5. The molecule has 0 bridgehead atoms. The quantitative estimate of drug-likeness (QED) is 0.689. The van der Waals surface area contributed by atoms with E-state index >= 15 is 0 Å². The lowest BCUT2D eigenvalue weighted by Gasteiger charge is -2.07. The fourth-order valence-electron chi connectivity index (χ4n) is 1.99. The van der Waals surface area contributed by atoms with Crippen molar-refractivity contribution < 1.29 is 10.2 Å². The van der Waals surface area contributed by atoms with Crippen LogP contribution in [0.5, 0.6) is 5.75 Å². The molecule has 0 unspecified atom stereocenters. The zero-order valence-corrected chi connectivity index (χ0v) is 13.8. The summed E-state index contributed by atoms with van der Waals surface area (Å²) in [7, 11) is 0. The molecule has 0 amide bonds. The number of nitrogens with zero attached hydrogens (tertiary/aromatic N) is 4. The Morgan fingerprint density at radius 2 is 1.95 bits per heavy atom. The van der Waals surface area contributed by atoms with E-state index in [1.54, 1.807) is 16.9 Å². The second kappa shape index (κ2) is 5.70. The lowest BCUT2D eigenvalue weighted by molar-refractivity contribution is 0.276. The van der Waals surface area contributed by atoms with Gasteiger partial charge in [0.25, 0.3) is 0 Å². The van der Waals surface area contributed by atoms with Crippen LogP contribution in [-0.2, 0) is 13.2 Å². The Kier molecular flexibility index (Phi) is 3.92. The monoisotopic (exact) mass is 412 g/mol. The summed E-state index contributed by atoms with van der Waals surface area (Å²) in [6.07, 6.45) is 1.66. The Morgan fingerprint density at radius 3 is 2.67 bits per heavy atom. The fourth-order valence-corrected chi connectivity index (χ4v) is 3.26. The van der Waals surface area contributed by atoms with Gasteiger partial charge >= 0.3 is 0 Å². The van der Waals surface area contributed by atoms with Crippen molar-refractivity contribution in [2.75, 3.05) is 0 Å². The molecule has 0 aliphatic heterocycles. The van der Waals surface area contributed by atoms with Gasteiger partial charge in [0.1, 0.15) is 11.2 Å². The van der Waals surface area contributed by atoms with Crippen LogP contribution in [0.4, 0.5) is 0 Å². The van der Waals surface area contributed by atoms with E-state index in [1.165, 1.54) is 0 Å². The highest BCUT2D eigenvalue weighted by Gasteiger charge is 2.11. The minimum atomic E-state index is -0.147. The lowest BCUT2D eigenvalue weighted by Crippen LogP contribution is -2.02. The molecule has 0 atom stereocenters. The van der Waals surface area contributed by atoms with Gasteiger partial charge in [-0.3, -0.25) is 0 Å². The molecular weight excluding hydrogens is 404 g/mol. The van der Waals surface area contributed by atoms with Crippen LogP contribution < -0.4 is 0 Å². The molecule has 3 aromatic rings. The first-order valence-electron chi connectivity index (χ1n) is 6.05. The molecule has 0 aliphatic rings. The van der Waals surface area contributed by atoms with Gasteiger partial charge in [0.05, 0.1) is 29.5 Å². The van der Waals surface area contributed by atoms with E-state index < -0.39 is 0 Å². The summed E-state index contributed by atoms with van der Waals surface area (Å²) in [4.78, 5) is 4.47. The zero-order chi connectivity index (χ0) is 15.0. The van der Waals surface area contributed by atoms with Crippen LogP contribution in [0.25, 0.3) is 10.9 Å². The fraction of sp³-hybridized carbons (Fsp3) is 0.154. The third-order valence-corrected chi connectivity index (χ3v) is 4.25. The number of fused-ring (bicyclic) bond motifs is 1. The predicted octanol–water partition coefficient (Wildman–Crippen LogP) is 2.60. The smallest absolute Gasteiger partial charge is 0.156 e. The molecule has 2 aromatic heterocycles. The van der Waals surface area contributed by atoms with Gasteiger partial charge in [0, 0.05) is 9.86 Å². The first kappa shape index (κ1) is 14.4. The molecule has 8 heteroatoms. The Labute approximate surface area is 136 Å². The number of phenols is 1. The normalized spacial score (nSPS) is 11.2. The molecule has 1 aromatic carbocycles. The van der Waals surface area contributed by atoms with Crippen LogP contribution in [0, 0.1) is 0 Å². The summed E-state index contributed by atoms with van der Waals surface area (Å²) in [5.74, 6) is 0.102. The number of phenolic OH excluding ortho intramolecular Hbond substituents is 1. The van der Waals surface area contributed by atoms with Crippen LogP contribution in [0.1, 0.15) is 11.4 Å². The van der Waals surface area contributed by atoms with Gasteiger partial charge in [-0.15, -0.1) is 5.10 Å². The maximum atomic E-state index is 10.1. The van der Waals surface area contributed by atoms with E-state index in [4.69, 9.17) is 5.11 Å². The molecule has 3 rings (SSSR count). The predicted molar refractivity (Wildman–Crippen MR) is 83.9 cm³/mol. The molecule has 108 valence electrons. The van der Waals surface area contributed by atoms with Crippen LogP contribution in [-0.4, -0.2) is 30.2 Å². The zero-order valence-electron chi connectivity index (χ0n) is 10.7. The lowest BCUT2D eigenvalue weighted by atomic mass is 10.2. The van der Waals surface area contributed by atoms with E-state index in [-0.39, 0.29) is 12.4 Å². The molecule has 21 heavy (non-hydrogen) atoms. The van der Waals surface area contributed by atoms with Crippen molar-refractivity contribution in [3.63, 3.8) is 0 Å². The van der Waals surface area contributed by atoms with Crippen LogP contribution in [0.15, 0.2) is 33.3 Å². The number of halogens is 2. The van der Waals surface area contributed by atoms with Crippen LogP contribution in [0.3, 0.4) is 0 Å². The van der Waals surface area contributed by atoms with Crippen molar-refractivity contribution in [3.05, 3.63) is 44.7 Å². The van der Waals surface area contributed by atoms with Crippen molar-refractivity contribution in [1.82, 2.24) is 20.0 Å². The van der Waals surface area contributed by atoms with E-state index in [0.29, 0.717) is 22.2 Å². The summed E-state index contributed by atoms with van der Waals surface area (Å²) in [6, 6.07) is 5.53. The summed E-state index contributed by atoms with van der Waals surface area (Å²) in [6.45, 7) is 0.262. The summed E-state index contributed by atoms with van der Waals surface area (Å²) in [5, 5.41) is 27.6. The number of aromatic hydroxyl groups is 1. The van der Waals surface area contributed by atoms with Gasteiger partial charge in [-0.25, -0.2) is 9.67 Å². The molecule has 6 nitrogen and oxygen atoms in total. The molecular formula is C13H10Br2N4O2. The topological polar surface area (TPSA) is 84.1 Å². The highest BCUT2D eigenvalue weighted by atomic mass is 79.9. The van der Waals surface area contributed by atoms with E-state index in [9.17, 15) is 5.11 Å². The van der Waals surface area contributed by atoms with Gasteiger partial charge in [-0.1, -0.05) is 21.1 Å². The van der Waals surface area contributed by atoms with Gasteiger partial charge in [-0.05, 0) is 34.1 Å². The van der Waals surface area contributed by atoms with E-state index in [2.05, 4.69) is 47.2 Å². The number of pyridine rings is 1. The van der Waals surface area contributed by atoms with Crippen molar-refractivity contribution in [1.29, 1.82) is 0 Å². The largest absolute Gasteiger partial charge is 0.505 e. The molecule has 0 aliphatic carbocycles. The van der Waals surface area contributed by atoms with Crippen molar-refractivity contribution in [2.24, 2.45) is 0 Å². The number of aliphatic hydroxyl groups excluding tert-OH is 1. The Balaban J connectivity index is 2.02. The number of rotatable bonds is 3. The summed E-state index contributed by atoms with van der Waals surface area (Å²) < 4.78 is 3.02. The number of hydrogen-bond donors (Lipinski definition) is 2. The maximum Gasteiger partial charge on any atom is 0.156 e. The SMILES string of the molecule is OCc1cn(Cc2ccc3c(Br)cc(Br)c(O)c3n2)nn1. The summed E-state index contributed by atoms with van der Waals surface area (Å²) >= 11 is 6.75. The third-order valence-electron chi connectivity index (χ3n) is 2.99. The number of aromatic nitrogens is 4. The van der Waals surface area contributed by atoms with Crippen molar-refractivity contribution >= 4 is 42.8 Å². The van der Waals surface area contributed by atoms with Gasteiger partial charge in [0.15, 0.2) is 5.75 Å². The van der Waals surface area contributed by atoms with Crippen LogP contribution >= 0.6 is 31.9 Å². The first-order valence-corrected chi connectivity index (χ1v) is 7.63. The number of benzene rings is 1. The summed E-state index contributed by atoms with van der Waals surface area (Å²) in [5.41, 5.74) is 1.75. The Bertz CT molecular complexity index is 819. The van der Waals surface area contributed by atoms with E-state index in [0.717, 1.165) is 15.6 Å². The molecule has 0 fully saturated rings. The highest BCUT2D eigenvalue weighted by molar-refractivity contribution is 9.11. The van der Waals surface area contributed by atoms with E-state index in [1.807, 2.05) is 12.1 Å².